The van der Waals surface area contributed by atoms with Crippen molar-refractivity contribution in [3.8, 4) is 0 Å². The Labute approximate surface area is 161 Å². The van der Waals surface area contributed by atoms with Gasteiger partial charge in [-0.1, -0.05) is 38.1 Å². The molecule has 1 N–H and O–H groups in total. The van der Waals surface area contributed by atoms with Crippen LogP contribution in [0.1, 0.15) is 37.4 Å². The molecule has 1 atom stereocenters. The van der Waals surface area contributed by atoms with Crippen LogP contribution in [0.4, 0.5) is 0 Å². The molecule has 1 aliphatic rings. The maximum absolute atomic E-state index is 12.7. The fraction of sp³-hybridized carbons (Fsp3) is 0.368. The van der Waals surface area contributed by atoms with Gasteiger partial charge in [0, 0.05) is 19.1 Å². The summed E-state index contributed by atoms with van der Waals surface area (Å²) in [5.74, 6) is 0. The lowest BCUT2D eigenvalue weighted by Gasteiger charge is -2.19. The van der Waals surface area contributed by atoms with Crippen molar-refractivity contribution >= 4 is 20.0 Å². The zero-order valence-corrected chi connectivity index (χ0v) is 17.1. The van der Waals surface area contributed by atoms with Crippen molar-refractivity contribution < 1.29 is 16.8 Å². The molecule has 27 heavy (non-hydrogen) atoms. The van der Waals surface area contributed by atoms with Crippen LogP contribution in [-0.2, 0) is 26.5 Å². The van der Waals surface area contributed by atoms with Gasteiger partial charge in [0.2, 0.25) is 20.0 Å². The van der Waals surface area contributed by atoms with E-state index in [9.17, 15) is 16.8 Å². The van der Waals surface area contributed by atoms with Crippen LogP contribution in [0, 0.1) is 0 Å². The molecular weight excluding hydrogens is 384 g/mol. The lowest BCUT2D eigenvalue weighted by atomic mass is 10.1. The topological polar surface area (TPSA) is 83.6 Å². The number of nitrogens with one attached hydrogen (secondary N) is 1. The summed E-state index contributed by atoms with van der Waals surface area (Å²) >= 11 is 0. The first-order chi connectivity index (χ1) is 12.8. The second-order valence-electron chi connectivity index (χ2n) is 6.47. The second-order valence-corrected chi connectivity index (χ2v) is 10.1. The molecule has 0 fully saturated rings. The number of hydrogen-bond donors (Lipinski definition) is 1. The zero-order valence-electron chi connectivity index (χ0n) is 15.4. The zero-order chi connectivity index (χ0) is 19.7. The third-order valence-electron chi connectivity index (χ3n) is 4.91. The number of benzene rings is 2. The van der Waals surface area contributed by atoms with Crippen LogP contribution in [0.25, 0.3) is 0 Å². The molecule has 146 valence electrons. The molecule has 0 spiro atoms. The minimum absolute atomic E-state index is 0.0605. The summed E-state index contributed by atoms with van der Waals surface area (Å²) in [6, 6.07) is 12.9. The highest BCUT2D eigenvalue weighted by molar-refractivity contribution is 7.89. The Morgan fingerprint density at radius 1 is 0.926 bits per heavy atom. The summed E-state index contributed by atoms with van der Waals surface area (Å²) in [6.45, 7) is 4.26. The maximum atomic E-state index is 12.7. The monoisotopic (exact) mass is 408 g/mol. The summed E-state index contributed by atoms with van der Waals surface area (Å²) in [5, 5.41) is 0. The van der Waals surface area contributed by atoms with E-state index in [4.69, 9.17) is 0 Å². The van der Waals surface area contributed by atoms with E-state index in [-0.39, 0.29) is 15.8 Å². The van der Waals surface area contributed by atoms with E-state index in [1.54, 1.807) is 13.8 Å². The fourth-order valence-corrected chi connectivity index (χ4v) is 6.15. The van der Waals surface area contributed by atoms with Crippen LogP contribution in [0.5, 0.6) is 0 Å². The van der Waals surface area contributed by atoms with Crippen molar-refractivity contribution in [2.75, 3.05) is 13.1 Å². The van der Waals surface area contributed by atoms with Gasteiger partial charge in [-0.2, -0.15) is 4.31 Å². The van der Waals surface area contributed by atoms with Crippen LogP contribution in [0.15, 0.2) is 58.3 Å². The Balaban J connectivity index is 1.83. The van der Waals surface area contributed by atoms with E-state index in [0.717, 1.165) is 17.5 Å². The van der Waals surface area contributed by atoms with Gasteiger partial charge in [-0.3, -0.25) is 0 Å². The lowest BCUT2D eigenvalue weighted by Crippen LogP contribution is -2.30. The van der Waals surface area contributed by atoms with Crippen molar-refractivity contribution in [2.45, 2.75) is 42.5 Å². The Morgan fingerprint density at radius 3 is 2.15 bits per heavy atom. The average Bonchev–Trinajstić information content (AvgIpc) is 3.05. The van der Waals surface area contributed by atoms with Gasteiger partial charge in [0.1, 0.15) is 0 Å². The van der Waals surface area contributed by atoms with Crippen LogP contribution in [-0.4, -0.2) is 34.2 Å². The molecule has 0 amide bonds. The predicted molar refractivity (Wildman–Crippen MR) is 104 cm³/mol. The summed E-state index contributed by atoms with van der Waals surface area (Å²) in [6.07, 6.45) is 1.55. The third kappa shape index (κ3) is 3.94. The molecule has 0 saturated heterocycles. The Morgan fingerprint density at radius 2 is 1.52 bits per heavy atom. The predicted octanol–water partition coefficient (Wildman–Crippen LogP) is 2.68. The molecule has 2 aromatic carbocycles. The number of rotatable bonds is 7. The molecule has 8 heteroatoms. The number of sulfonamides is 2. The van der Waals surface area contributed by atoms with Gasteiger partial charge in [-0.15, -0.1) is 0 Å². The highest BCUT2D eigenvalue weighted by Crippen LogP contribution is 2.32. The van der Waals surface area contributed by atoms with Gasteiger partial charge in [-0.25, -0.2) is 21.6 Å². The molecule has 2 aromatic rings. The van der Waals surface area contributed by atoms with Gasteiger partial charge in [0.15, 0.2) is 0 Å². The highest BCUT2D eigenvalue weighted by Gasteiger charge is 2.28. The average molecular weight is 409 g/mol. The highest BCUT2D eigenvalue weighted by atomic mass is 32.2. The standard InChI is InChI=1S/C19H24N2O4S2/c1-3-21(4-2)27(24,25)17-12-10-16(11-13-17)26(22,23)20-19-14-9-15-7-5-6-8-18(15)19/h5-8,10-13,19-20H,3-4,9,14H2,1-2H3. The first-order valence-corrected chi connectivity index (χ1v) is 11.9. The van der Waals surface area contributed by atoms with Crippen molar-refractivity contribution in [3.63, 3.8) is 0 Å². The smallest absolute Gasteiger partial charge is 0.207 e. The van der Waals surface area contributed by atoms with E-state index in [1.165, 1.54) is 28.6 Å². The summed E-state index contributed by atoms with van der Waals surface area (Å²) in [7, 11) is -7.35. The fourth-order valence-electron chi connectivity index (χ4n) is 3.44. The van der Waals surface area contributed by atoms with Crippen LogP contribution < -0.4 is 4.72 Å². The van der Waals surface area contributed by atoms with E-state index < -0.39 is 20.0 Å². The van der Waals surface area contributed by atoms with Gasteiger partial charge in [-0.05, 0) is 48.2 Å². The second kappa shape index (κ2) is 7.71. The third-order valence-corrected chi connectivity index (χ3v) is 8.46. The van der Waals surface area contributed by atoms with Crippen LogP contribution >= 0.6 is 0 Å². The largest absolute Gasteiger partial charge is 0.243 e. The molecule has 0 heterocycles. The molecule has 1 aliphatic carbocycles. The van der Waals surface area contributed by atoms with Gasteiger partial charge in [0.25, 0.3) is 0 Å². The molecule has 0 saturated carbocycles. The van der Waals surface area contributed by atoms with Crippen LogP contribution in [0.2, 0.25) is 0 Å². The van der Waals surface area contributed by atoms with E-state index in [0.29, 0.717) is 19.5 Å². The van der Waals surface area contributed by atoms with Crippen molar-refractivity contribution in [3.05, 3.63) is 59.7 Å². The Bertz CT molecular complexity index is 1010. The number of aryl methyl sites for hydroxylation is 1. The summed E-state index contributed by atoms with van der Waals surface area (Å²) < 4.78 is 54.6. The van der Waals surface area contributed by atoms with E-state index in [2.05, 4.69) is 4.72 Å². The maximum Gasteiger partial charge on any atom is 0.243 e. The minimum atomic E-state index is -3.74. The molecule has 3 rings (SSSR count). The van der Waals surface area contributed by atoms with Gasteiger partial charge >= 0.3 is 0 Å². The molecule has 6 nitrogen and oxygen atoms in total. The van der Waals surface area contributed by atoms with E-state index in [1.807, 2.05) is 24.3 Å². The van der Waals surface area contributed by atoms with Crippen molar-refractivity contribution in [1.29, 1.82) is 0 Å². The molecular formula is C19H24N2O4S2. The first-order valence-electron chi connectivity index (χ1n) is 9.00. The summed E-state index contributed by atoms with van der Waals surface area (Å²) in [5.41, 5.74) is 2.16. The molecule has 0 aliphatic heterocycles. The minimum Gasteiger partial charge on any atom is -0.207 e. The van der Waals surface area contributed by atoms with E-state index >= 15 is 0 Å². The van der Waals surface area contributed by atoms with Crippen molar-refractivity contribution in [1.82, 2.24) is 9.03 Å². The van der Waals surface area contributed by atoms with Crippen LogP contribution in [0.3, 0.4) is 0 Å². The quantitative estimate of drug-likeness (QED) is 0.763. The molecule has 0 bridgehead atoms. The molecule has 0 radical (unpaired) electrons. The lowest BCUT2D eigenvalue weighted by molar-refractivity contribution is 0.445. The Hall–Kier alpha value is -1.74. The van der Waals surface area contributed by atoms with Crippen molar-refractivity contribution in [2.24, 2.45) is 0 Å². The normalized spacial score (nSPS) is 17.2. The SMILES string of the molecule is CCN(CC)S(=O)(=O)c1ccc(S(=O)(=O)NC2CCc3ccccc32)cc1. The summed E-state index contributed by atoms with van der Waals surface area (Å²) in [4.78, 5) is 0.154. The molecule has 0 aromatic heterocycles. The Kier molecular flexibility index (Phi) is 5.71. The van der Waals surface area contributed by atoms with Gasteiger partial charge in [0.05, 0.1) is 9.79 Å². The first kappa shape index (κ1) is 20.0. The number of hydrogen-bond acceptors (Lipinski definition) is 4. The van der Waals surface area contributed by atoms with Gasteiger partial charge < -0.3 is 0 Å². The molecule has 1 unspecified atom stereocenters. The number of fused-ring (bicyclic) bond motifs is 1. The number of nitrogens with zero attached hydrogens (tertiary/aromatic N) is 1.